The van der Waals surface area contributed by atoms with Crippen molar-refractivity contribution in [2.45, 2.75) is 43.8 Å². The Labute approximate surface area is 128 Å². The van der Waals surface area contributed by atoms with E-state index in [0.29, 0.717) is 5.82 Å². The molecular formula is C14H16ClN3O2S. The van der Waals surface area contributed by atoms with Gasteiger partial charge in [-0.1, -0.05) is 24.3 Å². The Morgan fingerprint density at radius 2 is 1.76 bits per heavy atom. The van der Waals surface area contributed by atoms with E-state index in [1.807, 2.05) is 26.0 Å². The monoisotopic (exact) mass is 325 g/mol. The molecule has 0 saturated heterocycles. The van der Waals surface area contributed by atoms with Crippen LogP contribution in [0, 0.1) is 0 Å². The summed E-state index contributed by atoms with van der Waals surface area (Å²) in [5, 5.41) is 7.77. The number of benzene rings is 1. The Bertz CT molecular complexity index is 758. The van der Waals surface area contributed by atoms with Crippen LogP contribution in [0.1, 0.15) is 42.8 Å². The van der Waals surface area contributed by atoms with Gasteiger partial charge in [0.1, 0.15) is 5.82 Å². The summed E-state index contributed by atoms with van der Waals surface area (Å²) in [6.45, 7) is 3.81. The van der Waals surface area contributed by atoms with Crippen molar-refractivity contribution in [3.63, 3.8) is 0 Å². The van der Waals surface area contributed by atoms with E-state index in [4.69, 9.17) is 10.7 Å². The first-order valence-electron chi connectivity index (χ1n) is 6.84. The minimum absolute atomic E-state index is 0.0674. The predicted molar refractivity (Wildman–Crippen MR) is 80.0 cm³/mol. The second-order valence-electron chi connectivity index (χ2n) is 5.62. The second kappa shape index (κ2) is 5.10. The fourth-order valence-corrected chi connectivity index (χ4v) is 3.95. The first-order chi connectivity index (χ1) is 9.88. The van der Waals surface area contributed by atoms with Gasteiger partial charge in [-0.05, 0) is 37.8 Å². The molecule has 112 valence electrons. The van der Waals surface area contributed by atoms with Crippen LogP contribution in [0.3, 0.4) is 0 Å². The maximum absolute atomic E-state index is 11.6. The van der Waals surface area contributed by atoms with Crippen LogP contribution in [-0.4, -0.2) is 23.2 Å². The average molecular weight is 326 g/mol. The fraction of sp³-hybridized carbons (Fsp3) is 0.429. The molecule has 0 N–H and O–H groups in total. The van der Waals surface area contributed by atoms with Gasteiger partial charge in [-0.3, -0.25) is 4.57 Å². The molecule has 0 radical (unpaired) electrons. The van der Waals surface area contributed by atoms with Crippen LogP contribution >= 0.6 is 10.7 Å². The molecule has 1 aromatic heterocycles. The van der Waals surface area contributed by atoms with Crippen molar-refractivity contribution in [3.05, 3.63) is 41.2 Å². The second-order valence-corrected chi connectivity index (χ2v) is 8.08. The Kier molecular flexibility index (Phi) is 3.53. The lowest BCUT2D eigenvalue weighted by atomic mass is 10.1. The van der Waals surface area contributed by atoms with Crippen molar-refractivity contribution < 1.29 is 8.42 Å². The minimum Gasteiger partial charge on any atom is -0.298 e. The summed E-state index contributed by atoms with van der Waals surface area (Å²) >= 11 is 0. The molecule has 0 unspecified atom stereocenters. The van der Waals surface area contributed by atoms with Crippen molar-refractivity contribution >= 4 is 19.7 Å². The van der Waals surface area contributed by atoms with Crippen LogP contribution in [0.25, 0.3) is 0 Å². The van der Waals surface area contributed by atoms with Gasteiger partial charge < -0.3 is 0 Å². The van der Waals surface area contributed by atoms with Gasteiger partial charge in [0, 0.05) is 22.6 Å². The van der Waals surface area contributed by atoms with Crippen LogP contribution < -0.4 is 0 Å². The number of nitrogens with zero attached hydrogens (tertiary/aromatic N) is 3. The van der Waals surface area contributed by atoms with Crippen LogP contribution in [0.2, 0.25) is 0 Å². The predicted octanol–water partition coefficient (Wildman–Crippen LogP) is 2.67. The van der Waals surface area contributed by atoms with Crippen LogP contribution in [0.15, 0.2) is 29.4 Å². The first kappa shape index (κ1) is 14.5. The van der Waals surface area contributed by atoms with Gasteiger partial charge in [0.15, 0.2) is 0 Å². The Balaban J connectivity index is 2.04. The van der Waals surface area contributed by atoms with E-state index in [2.05, 4.69) is 22.3 Å². The highest BCUT2D eigenvalue weighted by Gasteiger charge is 2.31. The quantitative estimate of drug-likeness (QED) is 0.814. The zero-order chi connectivity index (χ0) is 15.2. The van der Waals surface area contributed by atoms with E-state index in [1.165, 1.54) is 11.1 Å². The lowest BCUT2D eigenvalue weighted by Crippen LogP contribution is -2.15. The lowest BCUT2D eigenvalue weighted by molar-refractivity contribution is 0.488. The maximum Gasteiger partial charge on any atom is 0.296 e. The summed E-state index contributed by atoms with van der Waals surface area (Å²) in [6.07, 6.45) is 1.70. The molecule has 0 bridgehead atoms. The third-order valence-corrected chi connectivity index (χ3v) is 4.97. The number of fused-ring (bicyclic) bond motifs is 1. The van der Waals surface area contributed by atoms with Gasteiger partial charge >= 0.3 is 0 Å². The third-order valence-electron chi connectivity index (χ3n) is 3.84. The molecule has 0 spiro atoms. The van der Waals surface area contributed by atoms with Crippen LogP contribution in [0.4, 0.5) is 0 Å². The summed E-state index contributed by atoms with van der Waals surface area (Å²) in [5.41, 5.74) is 2.58. The molecule has 0 saturated carbocycles. The molecule has 1 aliphatic carbocycles. The molecule has 0 atom stereocenters. The first-order valence-corrected chi connectivity index (χ1v) is 9.15. The van der Waals surface area contributed by atoms with E-state index < -0.39 is 9.05 Å². The molecule has 5 nitrogen and oxygen atoms in total. The van der Waals surface area contributed by atoms with E-state index in [1.54, 1.807) is 4.57 Å². The third kappa shape index (κ3) is 2.58. The smallest absolute Gasteiger partial charge is 0.296 e. The number of hydrogen-bond donors (Lipinski definition) is 0. The van der Waals surface area contributed by atoms with E-state index in [9.17, 15) is 8.42 Å². The van der Waals surface area contributed by atoms with Crippen LogP contribution in [-0.2, 0) is 21.9 Å². The summed E-state index contributed by atoms with van der Waals surface area (Å²) in [4.78, 5) is 0. The molecule has 0 amide bonds. The van der Waals surface area contributed by atoms with Gasteiger partial charge in [0.2, 0.25) is 0 Å². The molecule has 1 heterocycles. The Morgan fingerprint density at radius 3 is 2.24 bits per heavy atom. The highest BCUT2D eigenvalue weighted by atomic mass is 35.7. The minimum atomic E-state index is -3.89. The van der Waals surface area contributed by atoms with Crippen molar-refractivity contribution in [1.82, 2.24) is 14.8 Å². The van der Waals surface area contributed by atoms with Crippen molar-refractivity contribution in [2.75, 3.05) is 0 Å². The molecule has 0 aliphatic heterocycles. The van der Waals surface area contributed by atoms with Gasteiger partial charge in [-0.25, -0.2) is 8.42 Å². The number of halogens is 1. The van der Waals surface area contributed by atoms with Gasteiger partial charge in [-0.2, -0.15) is 0 Å². The summed E-state index contributed by atoms with van der Waals surface area (Å²) in [7, 11) is 1.57. The van der Waals surface area contributed by atoms with Crippen molar-refractivity contribution in [2.24, 2.45) is 0 Å². The highest BCUT2D eigenvalue weighted by Crippen LogP contribution is 2.35. The molecule has 7 heteroatoms. The average Bonchev–Trinajstić information content (AvgIpc) is 3.01. The van der Waals surface area contributed by atoms with Gasteiger partial charge in [0.05, 0.1) is 0 Å². The van der Waals surface area contributed by atoms with Crippen molar-refractivity contribution in [3.8, 4) is 0 Å². The summed E-state index contributed by atoms with van der Waals surface area (Å²) in [6, 6.07) is 8.17. The normalized spacial score (nSPS) is 15.6. The SMILES string of the molecule is CC(C)n1c(C2Cc3ccccc3C2)nnc1S(=O)(=O)Cl. The molecule has 2 aromatic rings. The molecule has 0 fully saturated rings. The topological polar surface area (TPSA) is 64.8 Å². The van der Waals surface area contributed by atoms with Gasteiger partial charge in [0.25, 0.3) is 14.2 Å². The van der Waals surface area contributed by atoms with Gasteiger partial charge in [-0.15, -0.1) is 10.2 Å². The standard InChI is InChI=1S/C14H16ClN3O2S/c1-9(2)18-13(16-17-14(18)21(15,19)20)12-7-10-5-3-4-6-11(10)8-12/h3-6,9,12H,7-8H2,1-2H3. The molecule has 1 aliphatic rings. The van der Waals surface area contributed by atoms with E-state index >= 15 is 0 Å². The largest absolute Gasteiger partial charge is 0.298 e. The number of aromatic nitrogens is 3. The number of rotatable bonds is 3. The van der Waals surface area contributed by atoms with E-state index in [-0.39, 0.29) is 17.1 Å². The Hall–Kier alpha value is -1.40. The molecule has 3 rings (SSSR count). The Morgan fingerprint density at radius 1 is 1.19 bits per heavy atom. The van der Waals surface area contributed by atoms with Crippen molar-refractivity contribution in [1.29, 1.82) is 0 Å². The molecule has 21 heavy (non-hydrogen) atoms. The number of hydrogen-bond acceptors (Lipinski definition) is 4. The zero-order valence-corrected chi connectivity index (χ0v) is 13.4. The van der Waals surface area contributed by atoms with Crippen LogP contribution in [0.5, 0.6) is 0 Å². The molecular weight excluding hydrogens is 310 g/mol. The highest BCUT2D eigenvalue weighted by molar-refractivity contribution is 8.13. The molecule has 1 aromatic carbocycles. The fourth-order valence-electron chi connectivity index (χ4n) is 2.96. The summed E-state index contributed by atoms with van der Waals surface area (Å²) in [5.74, 6) is 0.838. The summed E-state index contributed by atoms with van der Waals surface area (Å²) < 4.78 is 24.9. The van der Waals surface area contributed by atoms with E-state index in [0.717, 1.165) is 12.8 Å². The maximum atomic E-state index is 11.6. The lowest BCUT2D eigenvalue weighted by Gasteiger charge is -2.16. The zero-order valence-electron chi connectivity index (χ0n) is 11.8.